The van der Waals surface area contributed by atoms with E-state index in [1.54, 1.807) is 19.2 Å². The van der Waals surface area contributed by atoms with Crippen LogP contribution < -0.4 is 0 Å². The van der Waals surface area contributed by atoms with E-state index >= 15 is 0 Å². The first-order chi connectivity index (χ1) is 8.17. The molecule has 2 aromatic rings. The first kappa shape index (κ1) is 12.6. The molecule has 0 aliphatic carbocycles. The SMILES string of the molecule is COCc1nc2cc(Cl)c(Cl)cc2n1CCO. The van der Waals surface area contributed by atoms with Crippen molar-refractivity contribution >= 4 is 34.2 Å². The van der Waals surface area contributed by atoms with Crippen LogP contribution in [0.4, 0.5) is 0 Å². The molecule has 2 rings (SSSR count). The number of rotatable bonds is 4. The smallest absolute Gasteiger partial charge is 0.136 e. The Balaban J connectivity index is 2.62. The third-order valence-corrected chi connectivity index (χ3v) is 3.19. The zero-order valence-corrected chi connectivity index (χ0v) is 10.8. The topological polar surface area (TPSA) is 47.3 Å². The molecule has 0 saturated carbocycles. The van der Waals surface area contributed by atoms with Gasteiger partial charge in [-0.05, 0) is 12.1 Å². The van der Waals surface area contributed by atoms with Gasteiger partial charge in [-0.25, -0.2) is 4.98 Å². The molecule has 0 fully saturated rings. The van der Waals surface area contributed by atoms with Gasteiger partial charge in [-0.2, -0.15) is 0 Å². The standard InChI is InChI=1S/C11H12Cl2N2O2/c1-17-6-11-14-9-4-7(12)8(13)5-10(9)15(11)2-3-16/h4-5,16H,2-3,6H2,1H3. The summed E-state index contributed by atoms with van der Waals surface area (Å²) in [5.41, 5.74) is 1.60. The molecule has 1 aromatic heterocycles. The fourth-order valence-electron chi connectivity index (χ4n) is 1.76. The number of aliphatic hydroxyl groups is 1. The maximum absolute atomic E-state index is 9.07. The Morgan fingerprint density at radius 3 is 2.71 bits per heavy atom. The molecule has 0 aliphatic heterocycles. The number of aliphatic hydroxyl groups excluding tert-OH is 1. The van der Waals surface area contributed by atoms with Gasteiger partial charge < -0.3 is 14.4 Å². The number of ether oxygens (including phenoxy) is 1. The monoisotopic (exact) mass is 274 g/mol. The fourth-order valence-corrected chi connectivity index (χ4v) is 2.07. The Labute approximate surface area is 109 Å². The Kier molecular flexibility index (Phi) is 3.89. The van der Waals surface area contributed by atoms with Crippen LogP contribution in [-0.4, -0.2) is 28.4 Å². The Bertz CT molecular complexity index is 540. The molecule has 0 saturated heterocycles. The highest BCUT2D eigenvalue weighted by molar-refractivity contribution is 6.42. The minimum absolute atomic E-state index is 0.0302. The molecule has 0 amide bonds. The summed E-state index contributed by atoms with van der Waals surface area (Å²) >= 11 is 11.9. The van der Waals surface area contributed by atoms with Crippen molar-refractivity contribution in [3.05, 3.63) is 28.0 Å². The summed E-state index contributed by atoms with van der Waals surface area (Å²) in [5, 5.41) is 10.0. The molecule has 1 heterocycles. The third kappa shape index (κ3) is 2.40. The number of nitrogens with zero attached hydrogens (tertiary/aromatic N) is 2. The molecule has 1 N–H and O–H groups in total. The van der Waals surface area contributed by atoms with Gasteiger partial charge >= 0.3 is 0 Å². The van der Waals surface area contributed by atoms with E-state index in [0.29, 0.717) is 23.2 Å². The maximum atomic E-state index is 9.07. The van der Waals surface area contributed by atoms with Crippen molar-refractivity contribution in [2.75, 3.05) is 13.7 Å². The summed E-state index contributed by atoms with van der Waals surface area (Å²) in [6, 6.07) is 3.47. The molecule has 92 valence electrons. The lowest BCUT2D eigenvalue weighted by atomic mass is 10.3. The number of imidazole rings is 1. The highest BCUT2D eigenvalue weighted by Crippen LogP contribution is 2.28. The minimum atomic E-state index is 0.0302. The molecule has 0 aliphatic rings. The molecule has 1 aromatic carbocycles. The number of aromatic nitrogens is 2. The van der Waals surface area contributed by atoms with E-state index in [0.717, 1.165) is 16.9 Å². The van der Waals surface area contributed by atoms with Gasteiger partial charge in [0.1, 0.15) is 12.4 Å². The highest BCUT2D eigenvalue weighted by atomic mass is 35.5. The quantitative estimate of drug-likeness (QED) is 0.932. The normalized spacial score (nSPS) is 11.3. The minimum Gasteiger partial charge on any atom is -0.395 e. The number of benzene rings is 1. The lowest BCUT2D eigenvalue weighted by molar-refractivity contribution is 0.172. The molecule has 0 unspecified atom stereocenters. The van der Waals surface area contributed by atoms with E-state index < -0.39 is 0 Å². The summed E-state index contributed by atoms with van der Waals surface area (Å²) < 4.78 is 6.95. The van der Waals surface area contributed by atoms with E-state index in [-0.39, 0.29) is 6.61 Å². The van der Waals surface area contributed by atoms with Crippen molar-refractivity contribution in [1.29, 1.82) is 0 Å². The lowest BCUT2D eigenvalue weighted by Crippen LogP contribution is -2.07. The van der Waals surface area contributed by atoms with E-state index in [4.69, 9.17) is 33.0 Å². The Hall–Kier alpha value is -0.810. The zero-order valence-electron chi connectivity index (χ0n) is 9.28. The van der Waals surface area contributed by atoms with Crippen LogP contribution in [0.25, 0.3) is 11.0 Å². The van der Waals surface area contributed by atoms with Crippen molar-refractivity contribution in [3.8, 4) is 0 Å². The Morgan fingerprint density at radius 1 is 1.35 bits per heavy atom. The number of fused-ring (bicyclic) bond motifs is 1. The summed E-state index contributed by atoms with van der Waals surface area (Å²) in [6.45, 7) is 0.861. The summed E-state index contributed by atoms with van der Waals surface area (Å²) in [7, 11) is 1.60. The molecule has 0 radical (unpaired) electrons. The first-order valence-corrected chi connectivity index (χ1v) is 5.87. The first-order valence-electron chi connectivity index (χ1n) is 5.11. The predicted octanol–water partition coefficient (Wildman–Crippen LogP) is 2.48. The molecule has 0 spiro atoms. The maximum Gasteiger partial charge on any atom is 0.136 e. The van der Waals surface area contributed by atoms with Crippen molar-refractivity contribution in [1.82, 2.24) is 9.55 Å². The van der Waals surface area contributed by atoms with E-state index in [9.17, 15) is 0 Å². The lowest BCUT2D eigenvalue weighted by Gasteiger charge is -2.06. The second-order valence-corrected chi connectivity index (χ2v) is 4.41. The van der Waals surface area contributed by atoms with Crippen molar-refractivity contribution in [2.24, 2.45) is 0 Å². The summed E-state index contributed by atoms with van der Waals surface area (Å²) in [4.78, 5) is 4.41. The number of methoxy groups -OCH3 is 1. The van der Waals surface area contributed by atoms with Gasteiger partial charge in [0.2, 0.25) is 0 Å². The van der Waals surface area contributed by atoms with Crippen LogP contribution in [0.5, 0.6) is 0 Å². The van der Waals surface area contributed by atoms with Gasteiger partial charge in [0.25, 0.3) is 0 Å². The van der Waals surface area contributed by atoms with Gasteiger partial charge in [-0.15, -0.1) is 0 Å². The van der Waals surface area contributed by atoms with Crippen LogP contribution in [0, 0.1) is 0 Å². The van der Waals surface area contributed by atoms with Gasteiger partial charge in [-0.3, -0.25) is 0 Å². The summed E-state index contributed by atoms with van der Waals surface area (Å²) in [6.07, 6.45) is 0. The van der Waals surface area contributed by atoms with E-state index in [2.05, 4.69) is 4.98 Å². The molecule has 4 nitrogen and oxygen atoms in total. The Morgan fingerprint density at radius 2 is 2.06 bits per heavy atom. The van der Waals surface area contributed by atoms with Crippen LogP contribution >= 0.6 is 23.2 Å². The van der Waals surface area contributed by atoms with Gasteiger partial charge in [0.05, 0.1) is 27.7 Å². The van der Waals surface area contributed by atoms with Crippen LogP contribution in [0.3, 0.4) is 0 Å². The molecular weight excluding hydrogens is 263 g/mol. The average molecular weight is 275 g/mol. The van der Waals surface area contributed by atoms with E-state index in [1.807, 2.05) is 4.57 Å². The number of hydrogen-bond acceptors (Lipinski definition) is 3. The van der Waals surface area contributed by atoms with Gasteiger partial charge in [0.15, 0.2) is 0 Å². The molecule has 0 atom stereocenters. The van der Waals surface area contributed by atoms with Crippen molar-refractivity contribution in [2.45, 2.75) is 13.2 Å². The number of hydrogen-bond donors (Lipinski definition) is 1. The molecule has 6 heteroatoms. The molecule has 17 heavy (non-hydrogen) atoms. The molecule has 0 bridgehead atoms. The van der Waals surface area contributed by atoms with Crippen molar-refractivity contribution in [3.63, 3.8) is 0 Å². The van der Waals surface area contributed by atoms with Gasteiger partial charge in [-0.1, -0.05) is 23.2 Å². The third-order valence-electron chi connectivity index (χ3n) is 2.47. The van der Waals surface area contributed by atoms with E-state index in [1.165, 1.54) is 0 Å². The average Bonchev–Trinajstić information content (AvgIpc) is 2.59. The number of halogens is 2. The largest absolute Gasteiger partial charge is 0.395 e. The fraction of sp³-hybridized carbons (Fsp3) is 0.364. The molecular formula is C11H12Cl2N2O2. The van der Waals surface area contributed by atoms with Crippen molar-refractivity contribution < 1.29 is 9.84 Å². The zero-order chi connectivity index (χ0) is 12.4. The highest BCUT2D eigenvalue weighted by Gasteiger charge is 2.12. The van der Waals surface area contributed by atoms with Crippen LogP contribution in [0.1, 0.15) is 5.82 Å². The second-order valence-electron chi connectivity index (χ2n) is 3.59. The van der Waals surface area contributed by atoms with Crippen LogP contribution in [0.15, 0.2) is 12.1 Å². The second kappa shape index (κ2) is 5.23. The van der Waals surface area contributed by atoms with Crippen LogP contribution in [0.2, 0.25) is 10.0 Å². The predicted molar refractivity (Wildman–Crippen MR) is 67.6 cm³/mol. The van der Waals surface area contributed by atoms with Gasteiger partial charge in [0, 0.05) is 13.7 Å². The van der Waals surface area contributed by atoms with Crippen LogP contribution in [-0.2, 0) is 17.9 Å². The summed E-state index contributed by atoms with van der Waals surface area (Å²) in [5.74, 6) is 0.745.